The first-order valence-electron chi connectivity index (χ1n) is 6.51. The molecule has 0 aliphatic rings. The molecule has 0 fully saturated rings. The zero-order chi connectivity index (χ0) is 15.2. The molecule has 0 unspecified atom stereocenters. The van der Waals surface area contributed by atoms with Gasteiger partial charge in [-0.15, -0.1) is 0 Å². The molecule has 0 aliphatic carbocycles. The van der Waals surface area contributed by atoms with Crippen LogP contribution in [0.25, 0.3) is 0 Å². The summed E-state index contributed by atoms with van der Waals surface area (Å²) < 4.78 is 5.39. The minimum Gasteiger partial charge on any atom is -0.366 e. The highest BCUT2D eigenvalue weighted by atomic mass is 16.5. The van der Waals surface area contributed by atoms with Gasteiger partial charge in [0, 0.05) is 12.7 Å². The number of rotatable bonds is 5. The fraction of sp³-hybridized carbons (Fsp3) is 0.467. The topological polar surface area (TPSA) is 58.6 Å². The largest absolute Gasteiger partial charge is 0.366 e. The Morgan fingerprint density at radius 3 is 2.35 bits per heavy atom. The summed E-state index contributed by atoms with van der Waals surface area (Å²) in [7, 11) is 1.58. The van der Waals surface area contributed by atoms with Crippen LogP contribution in [0.3, 0.4) is 0 Å². The Kier molecular flexibility index (Phi) is 5.70. The number of benzene rings is 1. The summed E-state index contributed by atoms with van der Waals surface area (Å²) in [6.07, 6.45) is 0. The lowest BCUT2D eigenvalue weighted by molar-refractivity contribution is -0.141. The number of anilines is 1. The van der Waals surface area contributed by atoms with Gasteiger partial charge in [0.2, 0.25) is 11.8 Å². The van der Waals surface area contributed by atoms with Crippen LogP contribution in [0.15, 0.2) is 30.3 Å². The summed E-state index contributed by atoms with van der Waals surface area (Å²) in [5.74, 6) is -0.453. The molecule has 0 saturated heterocycles. The van der Waals surface area contributed by atoms with E-state index in [4.69, 9.17) is 4.74 Å². The van der Waals surface area contributed by atoms with Gasteiger partial charge >= 0.3 is 0 Å². The molecule has 5 nitrogen and oxygen atoms in total. The second kappa shape index (κ2) is 7.05. The molecule has 0 atom stereocenters. The molecule has 20 heavy (non-hydrogen) atoms. The normalized spacial score (nSPS) is 11.0. The zero-order valence-corrected chi connectivity index (χ0v) is 12.5. The maximum absolute atomic E-state index is 11.8. The average Bonchev–Trinajstić information content (AvgIpc) is 2.36. The summed E-state index contributed by atoms with van der Waals surface area (Å²) in [5.41, 5.74) is 0.340. The third-order valence-corrected chi connectivity index (χ3v) is 2.49. The number of carbonyl (C=O) groups is 2. The number of ether oxygens (including phenoxy) is 1. The summed E-state index contributed by atoms with van der Waals surface area (Å²) in [4.78, 5) is 24.9. The minimum atomic E-state index is -0.372. The van der Waals surface area contributed by atoms with Gasteiger partial charge in [-0.1, -0.05) is 18.2 Å². The first kappa shape index (κ1) is 16.2. The van der Waals surface area contributed by atoms with Gasteiger partial charge in [0.1, 0.15) is 6.61 Å². The lowest BCUT2D eigenvalue weighted by Crippen LogP contribution is -2.38. The number of hydrogen-bond acceptors (Lipinski definition) is 3. The second-order valence-electron chi connectivity index (χ2n) is 5.57. The molecule has 0 bridgehead atoms. The van der Waals surface area contributed by atoms with Crippen molar-refractivity contribution < 1.29 is 14.3 Å². The second-order valence-corrected chi connectivity index (χ2v) is 5.57. The summed E-state index contributed by atoms with van der Waals surface area (Å²) in [6, 6.07) is 9.13. The fourth-order valence-electron chi connectivity index (χ4n) is 1.41. The number of para-hydroxylation sites is 1. The number of nitrogens with one attached hydrogen (secondary N) is 1. The molecule has 2 amide bonds. The first-order chi connectivity index (χ1) is 9.28. The Hall–Kier alpha value is -1.88. The molecule has 110 valence electrons. The lowest BCUT2D eigenvalue weighted by Gasteiger charge is -2.22. The van der Waals surface area contributed by atoms with Crippen LogP contribution in [0.2, 0.25) is 0 Å². The van der Waals surface area contributed by atoms with Crippen LogP contribution in [0.4, 0.5) is 5.69 Å². The lowest BCUT2D eigenvalue weighted by atomic mass is 10.2. The molecule has 5 heteroatoms. The van der Waals surface area contributed by atoms with Crippen molar-refractivity contribution in [2.24, 2.45) is 0 Å². The number of hydrogen-bond donors (Lipinski definition) is 1. The molecule has 0 saturated carbocycles. The highest BCUT2D eigenvalue weighted by Crippen LogP contribution is 2.07. The Bertz CT molecular complexity index is 452. The van der Waals surface area contributed by atoms with E-state index in [0.717, 1.165) is 0 Å². The van der Waals surface area contributed by atoms with E-state index < -0.39 is 0 Å². The van der Waals surface area contributed by atoms with Crippen LogP contribution in [-0.2, 0) is 14.3 Å². The highest BCUT2D eigenvalue weighted by molar-refractivity contribution is 5.94. The predicted octanol–water partition coefficient (Wildman–Crippen LogP) is 1.90. The molecular formula is C15H22N2O3. The molecule has 0 aliphatic heterocycles. The zero-order valence-electron chi connectivity index (χ0n) is 12.5. The van der Waals surface area contributed by atoms with Crippen molar-refractivity contribution >= 4 is 17.5 Å². The Morgan fingerprint density at radius 2 is 1.80 bits per heavy atom. The standard InChI is InChI=1S/C15H22N2O3/c1-15(2,3)20-11-14(19)17(4)10-13(18)16-12-8-6-5-7-9-12/h5-9H,10-11H2,1-4H3,(H,16,18). The van der Waals surface area contributed by atoms with E-state index in [1.54, 1.807) is 19.2 Å². The third kappa shape index (κ3) is 6.33. The van der Waals surface area contributed by atoms with Gasteiger partial charge in [-0.2, -0.15) is 0 Å². The maximum atomic E-state index is 11.8. The van der Waals surface area contributed by atoms with Crippen molar-refractivity contribution in [3.8, 4) is 0 Å². The van der Waals surface area contributed by atoms with Crippen LogP contribution >= 0.6 is 0 Å². The molecule has 0 aromatic heterocycles. The molecule has 0 heterocycles. The van der Waals surface area contributed by atoms with Crippen LogP contribution in [0.5, 0.6) is 0 Å². The monoisotopic (exact) mass is 278 g/mol. The van der Waals surface area contributed by atoms with E-state index in [2.05, 4.69) is 5.32 Å². The van der Waals surface area contributed by atoms with E-state index in [1.807, 2.05) is 39.0 Å². The summed E-state index contributed by atoms with van der Waals surface area (Å²) >= 11 is 0. The SMILES string of the molecule is CN(CC(=O)Nc1ccccc1)C(=O)COC(C)(C)C. The smallest absolute Gasteiger partial charge is 0.248 e. The van der Waals surface area contributed by atoms with Gasteiger partial charge in [-0.05, 0) is 32.9 Å². The van der Waals surface area contributed by atoms with Crippen molar-refractivity contribution in [3.05, 3.63) is 30.3 Å². The highest BCUT2D eigenvalue weighted by Gasteiger charge is 2.17. The number of carbonyl (C=O) groups excluding carboxylic acids is 2. The minimum absolute atomic E-state index is 0.00122. The number of likely N-dealkylation sites (N-methyl/N-ethyl adjacent to an activating group) is 1. The van der Waals surface area contributed by atoms with E-state index in [0.29, 0.717) is 5.69 Å². The molecule has 0 spiro atoms. The third-order valence-electron chi connectivity index (χ3n) is 2.49. The first-order valence-corrected chi connectivity index (χ1v) is 6.51. The van der Waals surface area contributed by atoms with Crippen LogP contribution in [0, 0.1) is 0 Å². The van der Waals surface area contributed by atoms with E-state index in [-0.39, 0.29) is 30.6 Å². The molecule has 0 radical (unpaired) electrons. The molecule has 1 N–H and O–H groups in total. The number of amides is 2. The van der Waals surface area contributed by atoms with Gasteiger partial charge in [0.25, 0.3) is 0 Å². The van der Waals surface area contributed by atoms with Gasteiger partial charge < -0.3 is 15.0 Å². The molecule has 1 aromatic carbocycles. The van der Waals surface area contributed by atoms with Crippen molar-refractivity contribution in [3.63, 3.8) is 0 Å². The van der Waals surface area contributed by atoms with E-state index in [9.17, 15) is 9.59 Å². The Balaban J connectivity index is 2.39. The van der Waals surface area contributed by atoms with E-state index >= 15 is 0 Å². The van der Waals surface area contributed by atoms with Crippen LogP contribution in [-0.4, -0.2) is 42.5 Å². The molecule has 1 rings (SSSR count). The van der Waals surface area contributed by atoms with Crippen molar-refractivity contribution in [2.75, 3.05) is 25.5 Å². The molecular weight excluding hydrogens is 256 g/mol. The summed E-state index contributed by atoms with van der Waals surface area (Å²) in [5, 5.41) is 2.73. The fourth-order valence-corrected chi connectivity index (χ4v) is 1.41. The van der Waals surface area contributed by atoms with Crippen molar-refractivity contribution in [2.45, 2.75) is 26.4 Å². The maximum Gasteiger partial charge on any atom is 0.248 e. The Labute approximate surface area is 119 Å². The predicted molar refractivity (Wildman–Crippen MR) is 78.4 cm³/mol. The quantitative estimate of drug-likeness (QED) is 0.895. The van der Waals surface area contributed by atoms with Gasteiger partial charge in [0.05, 0.1) is 12.1 Å². The molecule has 1 aromatic rings. The van der Waals surface area contributed by atoms with Crippen LogP contribution < -0.4 is 5.32 Å². The van der Waals surface area contributed by atoms with Gasteiger partial charge in [0.15, 0.2) is 0 Å². The van der Waals surface area contributed by atoms with Crippen molar-refractivity contribution in [1.82, 2.24) is 4.90 Å². The number of nitrogens with zero attached hydrogens (tertiary/aromatic N) is 1. The van der Waals surface area contributed by atoms with Crippen molar-refractivity contribution in [1.29, 1.82) is 0 Å². The van der Waals surface area contributed by atoms with Gasteiger partial charge in [-0.25, -0.2) is 0 Å². The van der Waals surface area contributed by atoms with Crippen LogP contribution in [0.1, 0.15) is 20.8 Å². The van der Waals surface area contributed by atoms with Gasteiger partial charge in [-0.3, -0.25) is 9.59 Å². The average molecular weight is 278 g/mol. The summed E-state index contributed by atoms with van der Waals surface area (Å²) in [6.45, 7) is 5.60. The van der Waals surface area contributed by atoms with E-state index in [1.165, 1.54) is 4.90 Å². The Morgan fingerprint density at radius 1 is 1.20 bits per heavy atom.